The van der Waals surface area contributed by atoms with Crippen molar-refractivity contribution in [3.05, 3.63) is 69.1 Å². The highest BCUT2D eigenvalue weighted by Gasteiger charge is 2.12. The number of aryl methyl sites for hydroxylation is 2. The normalized spacial score (nSPS) is 10.5. The van der Waals surface area contributed by atoms with Crippen molar-refractivity contribution in [2.24, 2.45) is 0 Å². The maximum atomic E-state index is 12.1. The largest absolute Gasteiger partial charge is 0.477 e. The number of rotatable bonds is 4. The van der Waals surface area contributed by atoms with Crippen LogP contribution in [0.2, 0.25) is 0 Å². The summed E-state index contributed by atoms with van der Waals surface area (Å²) < 4.78 is 1.49. The van der Waals surface area contributed by atoms with E-state index in [0.717, 1.165) is 17.7 Å². The van der Waals surface area contributed by atoms with Gasteiger partial charge in [-0.3, -0.25) is 4.79 Å². The molecule has 1 heterocycles. The Hall–Kier alpha value is -2.36. The van der Waals surface area contributed by atoms with Crippen LogP contribution in [-0.2, 0) is 13.0 Å². The lowest BCUT2D eigenvalue weighted by Crippen LogP contribution is -2.28. The van der Waals surface area contributed by atoms with Crippen LogP contribution in [0.25, 0.3) is 0 Å². The molecular weight excluding hydrogens is 254 g/mol. The van der Waals surface area contributed by atoms with Gasteiger partial charge in [0.1, 0.15) is 5.56 Å². The molecule has 1 aromatic heterocycles. The Bertz CT molecular complexity index is 684. The fourth-order valence-corrected chi connectivity index (χ4v) is 2.09. The minimum Gasteiger partial charge on any atom is -0.477 e. The third kappa shape index (κ3) is 2.79. The fourth-order valence-electron chi connectivity index (χ4n) is 2.09. The summed E-state index contributed by atoms with van der Waals surface area (Å²) in [5.41, 5.74) is 2.31. The maximum Gasteiger partial charge on any atom is 0.341 e. The third-order valence-corrected chi connectivity index (χ3v) is 3.39. The number of nitrogens with zero attached hydrogens (tertiary/aromatic N) is 1. The molecule has 0 amide bonds. The van der Waals surface area contributed by atoms with Gasteiger partial charge in [0.05, 0.1) is 6.54 Å². The standard InChI is InChI=1S/C16H17NO3/c1-3-12-5-7-13(8-6-12)10-17-11(2)4-9-14(15(17)18)16(19)20/h4-9H,3,10H2,1-2H3,(H,19,20). The van der Waals surface area contributed by atoms with Crippen LogP contribution in [0.15, 0.2) is 41.2 Å². The van der Waals surface area contributed by atoms with E-state index in [1.54, 1.807) is 13.0 Å². The molecule has 2 rings (SSSR count). The van der Waals surface area contributed by atoms with Crippen molar-refractivity contribution in [2.45, 2.75) is 26.8 Å². The third-order valence-electron chi connectivity index (χ3n) is 3.39. The van der Waals surface area contributed by atoms with Crippen LogP contribution in [0.4, 0.5) is 0 Å². The van der Waals surface area contributed by atoms with E-state index in [0.29, 0.717) is 6.54 Å². The molecule has 0 saturated carbocycles. The summed E-state index contributed by atoms with van der Waals surface area (Å²) >= 11 is 0. The molecule has 1 aromatic carbocycles. The smallest absolute Gasteiger partial charge is 0.341 e. The minimum atomic E-state index is -1.19. The number of aromatic carboxylic acids is 1. The van der Waals surface area contributed by atoms with E-state index in [1.807, 2.05) is 24.3 Å². The van der Waals surface area contributed by atoms with Crippen LogP contribution in [0.3, 0.4) is 0 Å². The van der Waals surface area contributed by atoms with Gasteiger partial charge in [0.15, 0.2) is 0 Å². The Morgan fingerprint density at radius 3 is 2.25 bits per heavy atom. The highest BCUT2D eigenvalue weighted by molar-refractivity contribution is 5.87. The first kappa shape index (κ1) is 14.1. The van der Waals surface area contributed by atoms with Gasteiger partial charge in [-0.25, -0.2) is 4.79 Å². The van der Waals surface area contributed by atoms with Crippen LogP contribution < -0.4 is 5.56 Å². The predicted molar refractivity (Wildman–Crippen MR) is 77.3 cm³/mol. The Morgan fingerprint density at radius 2 is 1.70 bits per heavy atom. The highest BCUT2D eigenvalue weighted by Crippen LogP contribution is 2.08. The zero-order valence-electron chi connectivity index (χ0n) is 11.6. The number of carboxylic acids is 1. The van der Waals surface area contributed by atoms with E-state index in [4.69, 9.17) is 5.11 Å². The SMILES string of the molecule is CCc1ccc(Cn2c(C)ccc(C(=O)O)c2=O)cc1. The van der Waals surface area contributed by atoms with Gasteiger partial charge >= 0.3 is 5.97 Å². The van der Waals surface area contributed by atoms with Gasteiger partial charge in [-0.05, 0) is 36.6 Å². The zero-order chi connectivity index (χ0) is 14.7. The molecule has 2 aromatic rings. The zero-order valence-corrected chi connectivity index (χ0v) is 11.6. The van der Waals surface area contributed by atoms with Gasteiger partial charge < -0.3 is 9.67 Å². The summed E-state index contributed by atoms with van der Waals surface area (Å²) in [6, 6.07) is 11.0. The van der Waals surface area contributed by atoms with Gasteiger partial charge in [0.2, 0.25) is 0 Å². The molecule has 0 unspecified atom stereocenters. The van der Waals surface area contributed by atoms with Crippen molar-refractivity contribution in [1.82, 2.24) is 4.57 Å². The van der Waals surface area contributed by atoms with Gasteiger partial charge in [-0.1, -0.05) is 31.2 Å². The molecule has 0 aliphatic rings. The molecule has 0 aliphatic heterocycles. The van der Waals surface area contributed by atoms with Crippen molar-refractivity contribution in [3.63, 3.8) is 0 Å². The Balaban J connectivity index is 2.39. The average Bonchev–Trinajstić information content (AvgIpc) is 2.43. The Kier molecular flexibility index (Phi) is 4.03. The fraction of sp³-hybridized carbons (Fsp3) is 0.250. The summed E-state index contributed by atoms with van der Waals surface area (Å²) in [6.07, 6.45) is 0.966. The summed E-state index contributed by atoms with van der Waals surface area (Å²) in [7, 11) is 0. The van der Waals surface area contributed by atoms with E-state index >= 15 is 0 Å². The molecule has 0 saturated heterocycles. The van der Waals surface area contributed by atoms with E-state index in [9.17, 15) is 9.59 Å². The number of carboxylic acid groups (broad SMARTS) is 1. The van der Waals surface area contributed by atoms with Crippen molar-refractivity contribution < 1.29 is 9.90 Å². The van der Waals surface area contributed by atoms with Gasteiger partial charge in [0.25, 0.3) is 5.56 Å². The number of aromatic nitrogens is 1. The lowest BCUT2D eigenvalue weighted by molar-refractivity contribution is 0.0694. The van der Waals surface area contributed by atoms with Crippen LogP contribution >= 0.6 is 0 Å². The molecule has 1 N–H and O–H groups in total. The molecule has 4 heteroatoms. The first-order valence-electron chi connectivity index (χ1n) is 6.54. The summed E-state index contributed by atoms with van der Waals surface area (Å²) in [4.78, 5) is 23.1. The lowest BCUT2D eigenvalue weighted by Gasteiger charge is -2.11. The Labute approximate surface area is 117 Å². The van der Waals surface area contributed by atoms with E-state index in [1.165, 1.54) is 16.2 Å². The number of pyridine rings is 1. The average molecular weight is 271 g/mol. The van der Waals surface area contributed by atoms with Crippen molar-refractivity contribution in [3.8, 4) is 0 Å². The quantitative estimate of drug-likeness (QED) is 0.929. The first-order chi connectivity index (χ1) is 9.52. The van der Waals surface area contributed by atoms with E-state index in [2.05, 4.69) is 6.92 Å². The number of hydrogen-bond donors (Lipinski definition) is 1. The van der Waals surface area contributed by atoms with Crippen molar-refractivity contribution >= 4 is 5.97 Å². The molecular formula is C16H17NO3. The van der Waals surface area contributed by atoms with Crippen molar-refractivity contribution in [1.29, 1.82) is 0 Å². The Morgan fingerprint density at radius 1 is 1.10 bits per heavy atom. The predicted octanol–water partition coefficient (Wildman–Crippen LogP) is 2.47. The van der Waals surface area contributed by atoms with Crippen LogP contribution in [0, 0.1) is 6.92 Å². The van der Waals surface area contributed by atoms with E-state index in [-0.39, 0.29) is 5.56 Å². The maximum absolute atomic E-state index is 12.1. The molecule has 0 atom stereocenters. The van der Waals surface area contributed by atoms with Crippen molar-refractivity contribution in [2.75, 3.05) is 0 Å². The highest BCUT2D eigenvalue weighted by atomic mass is 16.4. The second-order valence-electron chi connectivity index (χ2n) is 4.75. The van der Waals surface area contributed by atoms with Gasteiger partial charge in [0, 0.05) is 5.69 Å². The number of hydrogen-bond acceptors (Lipinski definition) is 2. The number of carbonyl (C=O) groups is 1. The second kappa shape index (κ2) is 5.74. The van der Waals surface area contributed by atoms with Crippen LogP contribution in [0.1, 0.15) is 34.1 Å². The molecule has 0 bridgehead atoms. The molecule has 104 valence electrons. The molecule has 0 fully saturated rings. The molecule has 0 radical (unpaired) electrons. The summed E-state index contributed by atoms with van der Waals surface area (Å²) in [5, 5.41) is 9.00. The number of benzene rings is 1. The molecule has 0 aliphatic carbocycles. The molecule has 4 nitrogen and oxygen atoms in total. The monoisotopic (exact) mass is 271 g/mol. The lowest BCUT2D eigenvalue weighted by atomic mass is 10.1. The topological polar surface area (TPSA) is 59.3 Å². The van der Waals surface area contributed by atoms with E-state index < -0.39 is 11.5 Å². The van der Waals surface area contributed by atoms with Gasteiger partial charge in [-0.2, -0.15) is 0 Å². The molecule has 0 spiro atoms. The van der Waals surface area contributed by atoms with Gasteiger partial charge in [-0.15, -0.1) is 0 Å². The van der Waals surface area contributed by atoms with Crippen LogP contribution in [-0.4, -0.2) is 15.6 Å². The van der Waals surface area contributed by atoms with Crippen LogP contribution in [0.5, 0.6) is 0 Å². The first-order valence-corrected chi connectivity index (χ1v) is 6.54. The summed E-state index contributed by atoms with van der Waals surface area (Å²) in [6.45, 7) is 4.27. The minimum absolute atomic E-state index is 0.194. The summed E-state index contributed by atoms with van der Waals surface area (Å²) in [5.74, 6) is -1.19. The molecule has 20 heavy (non-hydrogen) atoms. The second-order valence-corrected chi connectivity index (χ2v) is 4.75.